The van der Waals surface area contributed by atoms with Gasteiger partial charge in [0.05, 0.1) is 22.9 Å². The van der Waals surface area contributed by atoms with Gasteiger partial charge in [-0.15, -0.1) is 0 Å². The maximum atomic E-state index is 14.1. The van der Waals surface area contributed by atoms with E-state index in [1.54, 1.807) is 0 Å². The maximum absolute atomic E-state index is 14.1. The van der Waals surface area contributed by atoms with Crippen molar-refractivity contribution in [2.24, 2.45) is 11.5 Å². The molecular formula is C27H20F6N6O3. The molecule has 0 fully saturated rings. The first kappa shape index (κ1) is 29.8. The molecule has 0 aliphatic carbocycles. The van der Waals surface area contributed by atoms with Gasteiger partial charge in [0.2, 0.25) is 5.91 Å². The standard InChI is InChI=1S/C27H20F6N6O3/c28-15-6-13(7-16(29)10-15)8-21(37-22(40)12-39-11-19(26(35)42)24(38-39)27(31,32)33)23-17(2-1-5-36-23)14-3-4-20(30)18(9-14)25(34)41/h1-7,9-11,21H,8,12H2,(H2,34,41)(H2,35,42)(H,37,40). The number of nitrogens with one attached hydrogen (secondary N) is 1. The SMILES string of the molecule is NC(=O)c1cc(-c2cccnc2C(Cc2cc(F)cc(F)c2)NC(=O)Cn2cc(C(N)=O)c(C(F)(F)F)n2)ccc1F. The van der Waals surface area contributed by atoms with Gasteiger partial charge in [0, 0.05) is 24.0 Å². The fourth-order valence-corrected chi connectivity index (χ4v) is 4.28. The lowest BCUT2D eigenvalue weighted by atomic mass is 9.94. The minimum absolute atomic E-state index is 0.0841. The van der Waals surface area contributed by atoms with Crippen LogP contribution >= 0.6 is 0 Å². The number of amides is 3. The van der Waals surface area contributed by atoms with Crippen molar-refractivity contribution in [3.05, 3.63) is 106 Å². The summed E-state index contributed by atoms with van der Waals surface area (Å²) >= 11 is 0. The first-order valence-electron chi connectivity index (χ1n) is 12.0. The van der Waals surface area contributed by atoms with Gasteiger partial charge < -0.3 is 16.8 Å². The van der Waals surface area contributed by atoms with Crippen LogP contribution in [0.1, 0.15) is 43.7 Å². The molecule has 1 atom stereocenters. The summed E-state index contributed by atoms with van der Waals surface area (Å²) in [6.07, 6.45) is -3.28. The van der Waals surface area contributed by atoms with Gasteiger partial charge in [-0.25, -0.2) is 13.2 Å². The number of carbonyl (C=O) groups excluding carboxylic acids is 3. The van der Waals surface area contributed by atoms with E-state index in [1.165, 1.54) is 24.4 Å². The van der Waals surface area contributed by atoms with Crippen LogP contribution in [0, 0.1) is 17.5 Å². The highest BCUT2D eigenvalue weighted by Gasteiger charge is 2.39. The van der Waals surface area contributed by atoms with Gasteiger partial charge >= 0.3 is 6.18 Å². The summed E-state index contributed by atoms with van der Waals surface area (Å²) in [5.74, 6) is -6.07. The van der Waals surface area contributed by atoms with Crippen LogP contribution in [-0.4, -0.2) is 32.5 Å². The second kappa shape index (κ2) is 11.7. The number of nitrogens with zero attached hydrogens (tertiary/aromatic N) is 3. The predicted octanol–water partition coefficient (Wildman–Crippen LogP) is 3.68. The van der Waals surface area contributed by atoms with Gasteiger partial charge in [0.25, 0.3) is 11.8 Å². The number of aromatic nitrogens is 3. The van der Waals surface area contributed by atoms with Gasteiger partial charge in [0.15, 0.2) is 5.69 Å². The molecule has 3 amide bonds. The Morgan fingerprint density at radius 3 is 2.19 bits per heavy atom. The molecule has 2 heterocycles. The topological polar surface area (TPSA) is 146 Å². The molecule has 1 unspecified atom stereocenters. The molecule has 2 aromatic carbocycles. The van der Waals surface area contributed by atoms with Crippen molar-refractivity contribution in [1.29, 1.82) is 0 Å². The Balaban J connectivity index is 1.74. The molecule has 0 saturated heterocycles. The Kier molecular flexibility index (Phi) is 8.31. The van der Waals surface area contributed by atoms with Crippen molar-refractivity contribution in [2.45, 2.75) is 25.2 Å². The number of benzene rings is 2. The average molecular weight is 590 g/mol. The Morgan fingerprint density at radius 1 is 0.929 bits per heavy atom. The van der Waals surface area contributed by atoms with E-state index >= 15 is 0 Å². The van der Waals surface area contributed by atoms with E-state index in [0.717, 1.165) is 24.3 Å². The molecule has 5 N–H and O–H groups in total. The predicted molar refractivity (Wildman–Crippen MR) is 135 cm³/mol. The highest BCUT2D eigenvalue weighted by Crippen LogP contribution is 2.32. The molecule has 42 heavy (non-hydrogen) atoms. The normalized spacial score (nSPS) is 12.1. The van der Waals surface area contributed by atoms with Crippen LogP contribution in [0.2, 0.25) is 0 Å². The fourth-order valence-electron chi connectivity index (χ4n) is 4.28. The zero-order valence-electron chi connectivity index (χ0n) is 21.3. The first-order valence-corrected chi connectivity index (χ1v) is 12.0. The zero-order valence-corrected chi connectivity index (χ0v) is 21.3. The van der Waals surface area contributed by atoms with E-state index in [2.05, 4.69) is 15.4 Å². The van der Waals surface area contributed by atoms with Gasteiger partial charge in [-0.2, -0.15) is 18.3 Å². The number of rotatable bonds is 9. The quantitative estimate of drug-likeness (QED) is 0.255. The Bertz CT molecular complexity index is 1670. The van der Waals surface area contributed by atoms with Gasteiger partial charge in [-0.1, -0.05) is 12.1 Å². The number of hydrogen-bond acceptors (Lipinski definition) is 5. The monoisotopic (exact) mass is 590 g/mol. The van der Waals surface area contributed by atoms with E-state index in [9.17, 15) is 40.7 Å². The molecule has 0 radical (unpaired) electrons. The minimum Gasteiger partial charge on any atom is -0.366 e. The molecule has 9 nitrogen and oxygen atoms in total. The van der Waals surface area contributed by atoms with Crippen LogP contribution in [0.4, 0.5) is 26.3 Å². The summed E-state index contributed by atoms with van der Waals surface area (Å²) in [7, 11) is 0. The van der Waals surface area contributed by atoms with E-state index in [-0.39, 0.29) is 28.8 Å². The largest absolute Gasteiger partial charge is 0.435 e. The lowest BCUT2D eigenvalue weighted by molar-refractivity contribution is -0.142. The van der Waals surface area contributed by atoms with E-state index < -0.39 is 70.8 Å². The fraction of sp³-hybridized carbons (Fsp3) is 0.148. The summed E-state index contributed by atoms with van der Waals surface area (Å²) in [5.41, 5.74) is 8.03. The Morgan fingerprint density at radius 2 is 1.60 bits per heavy atom. The Hall–Kier alpha value is -5.21. The smallest absolute Gasteiger partial charge is 0.366 e. The number of alkyl halides is 3. The summed E-state index contributed by atoms with van der Waals surface area (Å²) in [6, 6.07) is 7.99. The lowest BCUT2D eigenvalue weighted by Gasteiger charge is -2.22. The third-order valence-corrected chi connectivity index (χ3v) is 6.01. The second-order valence-corrected chi connectivity index (χ2v) is 9.05. The molecule has 4 rings (SSSR count). The molecule has 0 aliphatic rings. The first-order chi connectivity index (χ1) is 19.7. The van der Waals surface area contributed by atoms with Crippen molar-refractivity contribution in [3.63, 3.8) is 0 Å². The number of hydrogen-bond donors (Lipinski definition) is 3. The summed E-state index contributed by atoms with van der Waals surface area (Å²) in [6.45, 7) is -0.811. The van der Waals surface area contributed by atoms with Crippen molar-refractivity contribution in [2.75, 3.05) is 0 Å². The molecule has 218 valence electrons. The van der Waals surface area contributed by atoms with Gasteiger partial charge in [0.1, 0.15) is 24.0 Å². The molecule has 0 saturated carbocycles. The zero-order chi connectivity index (χ0) is 30.8. The summed E-state index contributed by atoms with van der Waals surface area (Å²) in [5, 5.41) is 5.82. The van der Waals surface area contributed by atoms with Gasteiger partial charge in [-0.05, 0) is 47.9 Å². The number of halogens is 6. The maximum Gasteiger partial charge on any atom is 0.435 e. The van der Waals surface area contributed by atoms with E-state index in [4.69, 9.17) is 11.5 Å². The van der Waals surface area contributed by atoms with Crippen LogP contribution in [0.15, 0.2) is 60.9 Å². The molecule has 4 aromatic rings. The summed E-state index contributed by atoms with van der Waals surface area (Å²) < 4.78 is 82.6. The minimum atomic E-state index is -5.03. The number of nitrogens with two attached hydrogens (primary N) is 2. The molecule has 0 aliphatic heterocycles. The van der Waals surface area contributed by atoms with Crippen molar-refractivity contribution in [3.8, 4) is 11.1 Å². The third kappa shape index (κ3) is 6.74. The third-order valence-electron chi connectivity index (χ3n) is 6.01. The van der Waals surface area contributed by atoms with Crippen LogP contribution < -0.4 is 16.8 Å². The van der Waals surface area contributed by atoms with Crippen LogP contribution in [0.3, 0.4) is 0 Å². The lowest BCUT2D eigenvalue weighted by Crippen LogP contribution is -2.34. The molecular weight excluding hydrogens is 570 g/mol. The van der Waals surface area contributed by atoms with Crippen molar-refractivity contribution >= 4 is 17.7 Å². The van der Waals surface area contributed by atoms with Crippen LogP contribution in [-0.2, 0) is 23.9 Å². The average Bonchev–Trinajstić information content (AvgIpc) is 3.33. The van der Waals surface area contributed by atoms with Crippen molar-refractivity contribution in [1.82, 2.24) is 20.1 Å². The molecule has 15 heteroatoms. The van der Waals surface area contributed by atoms with Crippen molar-refractivity contribution < 1.29 is 40.7 Å². The summed E-state index contributed by atoms with van der Waals surface area (Å²) in [4.78, 5) is 40.5. The van der Waals surface area contributed by atoms with Gasteiger partial charge in [-0.3, -0.25) is 24.0 Å². The van der Waals surface area contributed by atoms with E-state index in [0.29, 0.717) is 16.9 Å². The van der Waals surface area contributed by atoms with Crippen LogP contribution in [0.5, 0.6) is 0 Å². The highest BCUT2D eigenvalue weighted by molar-refractivity contribution is 5.95. The second-order valence-electron chi connectivity index (χ2n) is 9.05. The molecule has 2 aromatic heterocycles. The number of primary amides is 2. The van der Waals surface area contributed by atoms with Crippen LogP contribution in [0.25, 0.3) is 11.1 Å². The Labute approximate surface area is 233 Å². The molecule has 0 bridgehead atoms. The molecule has 0 spiro atoms. The number of carbonyl (C=O) groups is 3. The number of pyridine rings is 1. The highest BCUT2D eigenvalue weighted by atomic mass is 19.4. The van der Waals surface area contributed by atoms with E-state index in [1.807, 2.05) is 0 Å².